The second-order valence-electron chi connectivity index (χ2n) is 10.2. The highest BCUT2D eigenvalue weighted by atomic mass is 32.1. The second kappa shape index (κ2) is 11.2. The average molecular weight is 547 g/mol. The SMILES string of the molecule is COc1nc(C)ccc1-c1c(C(N)=O)sc2cnc(Nc3ccc(C4CCN(C)CC4)cc3OC(C)C)nc12. The molecule has 0 aliphatic carbocycles. The molecule has 0 radical (unpaired) electrons. The van der Waals surface area contributed by atoms with E-state index < -0.39 is 5.91 Å². The van der Waals surface area contributed by atoms with Gasteiger partial charge in [0.15, 0.2) is 0 Å². The molecule has 9 nitrogen and oxygen atoms in total. The molecule has 4 heterocycles. The number of piperidine rings is 1. The minimum Gasteiger partial charge on any atom is -0.489 e. The smallest absolute Gasteiger partial charge is 0.259 e. The van der Waals surface area contributed by atoms with Gasteiger partial charge in [0.1, 0.15) is 10.6 Å². The van der Waals surface area contributed by atoms with Gasteiger partial charge in [0.05, 0.1) is 35.3 Å². The number of pyridine rings is 1. The molecule has 0 bridgehead atoms. The Morgan fingerprint density at radius 1 is 1.18 bits per heavy atom. The van der Waals surface area contributed by atoms with E-state index in [1.54, 1.807) is 13.3 Å². The van der Waals surface area contributed by atoms with Crippen LogP contribution in [0, 0.1) is 6.92 Å². The molecule has 1 amide bonds. The molecule has 1 saturated heterocycles. The summed E-state index contributed by atoms with van der Waals surface area (Å²) in [4.78, 5) is 29.0. The molecular weight excluding hydrogens is 512 g/mol. The van der Waals surface area contributed by atoms with Crippen molar-refractivity contribution in [3.05, 3.63) is 52.7 Å². The Labute approximate surface area is 232 Å². The molecule has 10 heteroatoms. The number of fused-ring (bicyclic) bond motifs is 1. The maximum Gasteiger partial charge on any atom is 0.259 e. The Kier molecular flexibility index (Phi) is 7.67. The molecule has 0 unspecified atom stereocenters. The maximum atomic E-state index is 12.4. The van der Waals surface area contributed by atoms with Crippen LogP contribution in [0.1, 0.15) is 53.5 Å². The highest BCUT2D eigenvalue weighted by molar-refractivity contribution is 7.21. The number of carbonyl (C=O) groups is 1. The largest absolute Gasteiger partial charge is 0.489 e. The Bertz CT molecular complexity index is 1510. The van der Waals surface area contributed by atoms with Crippen molar-refractivity contribution < 1.29 is 14.3 Å². The van der Waals surface area contributed by atoms with Crippen LogP contribution in [0.25, 0.3) is 21.3 Å². The zero-order valence-electron chi connectivity index (χ0n) is 22.9. The van der Waals surface area contributed by atoms with Crippen molar-refractivity contribution in [2.45, 2.75) is 45.6 Å². The Morgan fingerprint density at radius 2 is 1.95 bits per heavy atom. The van der Waals surface area contributed by atoms with E-state index in [1.165, 1.54) is 16.9 Å². The summed E-state index contributed by atoms with van der Waals surface area (Å²) in [6, 6.07) is 10.1. The molecule has 0 spiro atoms. The monoisotopic (exact) mass is 546 g/mol. The van der Waals surface area contributed by atoms with Gasteiger partial charge in [0.2, 0.25) is 11.8 Å². The zero-order valence-corrected chi connectivity index (χ0v) is 23.8. The summed E-state index contributed by atoms with van der Waals surface area (Å²) in [5.41, 5.74) is 10.5. The number of hydrogen-bond acceptors (Lipinski definition) is 9. The summed E-state index contributed by atoms with van der Waals surface area (Å²) >= 11 is 1.26. The predicted octanol–water partition coefficient (Wildman–Crippen LogP) is 5.51. The van der Waals surface area contributed by atoms with Crippen molar-refractivity contribution in [2.24, 2.45) is 5.73 Å². The Hall–Kier alpha value is -3.76. The number of carbonyl (C=O) groups excluding carboxylic acids is 1. The molecular formula is C29H34N6O3S. The van der Waals surface area contributed by atoms with Crippen LogP contribution < -0.4 is 20.5 Å². The molecule has 204 valence electrons. The number of thiophene rings is 1. The first-order valence-corrected chi connectivity index (χ1v) is 13.9. The Morgan fingerprint density at radius 3 is 2.64 bits per heavy atom. The number of hydrogen-bond donors (Lipinski definition) is 2. The van der Waals surface area contributed by atoms with Crippen molar-refractivity contribution in [3.63, 3.8) is 0 Å². The van der Waals surface area contributed by atoms with Crippen molar-refractivity contribution in [1.29, 1.82) is 0 Å². The van der Waals surface area contributed by atoms with E-state index in [4.69, 9.17) is 20.2 Å². The van der Waals surface area contributed by atoms with Gasteiger partial charge in [0, 0.05) is 16.8 Å². The van der Waals surface area contributed by atoms with Gasteiger partial charge in [-0.05, 0) is 89.5 Å². The van der Waals surface area contributed by atoms with Crippen LogP contribution in [-0.4, -0.2) is 59.1 Å². The van der Waals surface area contributed by atoms with E-state index in [0.717, 1.165) is 47.8 Å². The number of benzene rings is 1. The van der Waals surface area contributed by atoms with Gasteiger partial charge in [-0.3, -0.25) is 4.79 Å². The molecule has 39 heavy (non-hydrogen) atoms. The highest BCUT2D eigenvalue weighted by Crippen LogP contribution is 2.42. The van der Waals surface area contributed by atoms with Gasteiger partial charge in [-0.2, -0.15) is 0 Å². The first-order chi connectivity index (χ1) is 18.7. The summed E-state index contributed by atoms with van der Waals surface area (Å²) in [6.45, 7) is 8.10. The van der Waals surface area contributed by atoms with Crippen LogP contribution in [-0.2, 0) is 0 Å². The predicted molar refractivity (Wildman–Crippen MR) is 155 cm³/mol. The number of likely N-dealkylation sites (tertiary alicyclic amines) is 1. The number of anilines is 2. The molecule has 5 rings (SSSR count). The number of nitrogens with zero attached hydrogens (tertiary/aromatic N) is 4. The number of nitrogens with one attached hydrogen (secondary N) is 1. The lowest BCUT2D eigenvalue weighted by Gasteiger charge is -2.29. The van der Waals surface area contributed by atoms with E-state index in [-0.39, 0.29) is 6.10 Å². The van der Waals surface area contributed by atoms with Crippen LogP contribution >= 0.6 is 11.3 Å². The molecule has 3 aromatic heterocycles. The summed E-state index contributed by atoms with van der Waals surface area (Å²) in [7, 11) is 3.72. The third-order valence-corrected chi connectivity index (χ3v) is 8.05. The number of aryl methyl sites for hydroxylation is 1. The fourth-order valence-electron chi connectivity index (χ4n) is 4.97. The number of ether oxygens (including phenoxy) is 2. The van der Waals surface area contributed by atoms with Crippen molar-refractivity contribution in [1.82, 2.24) is 19.9 Å². The lowest BCUT2D eigenvalue weighted by Crippen LogP contribution is -2.29. The van der Waals surface area contributed by atoms with Gasteiger partial charge in [-0.25, -0.2) is 15.0 Å². The van der Waals surface area contributed by atoms with E-state index in [1.807, 2.05) is 39.0 Å². The van der Waals surface area contributed by atoms with E-state index in [2.05, 4.69) is 39.4 Å². The minimum absolute atomic E-state index is 0.00444. The molecule has 3 N–H and O–H groups in total. The fraction of sp³-hybridized carbons (Fsp3) is 0.379. The first kappa shape index (κ1) is 26.8. The normalized spacial score (nSPS) is 14.6. The number of rotatable bonds is 8. The van der Waals surface area contributed by atoms with Gasteiger partial charge >= 0.3 is 0 Å². The number of nitrogens with two attached hydrogens (primary N) is 1. The number of methoxy groups -OCH3 is 1. The lowest BCUT2D eigenvalue weighted by atomic mass is 9.89. The Balaban J connectivity index is 1.54. The average Bonchev–Trinajstić information content (AvgIpc) is 3.29. The standard InChI is InChI=1S/C29H34N6O3S/c1-16(2)38-22-14-19(18-10-12-35(4)13-11-18)7-9-21(22)33-29-31-15-23-25(34-29)24(26(39-23)27(30)36)20-8-6-17(3)32-28(20)37-5/h6-9,14-16,18H,10-13H2,1-5H3,(H2,30,36)(H,31,33,34). The number of primary amides is 1. The van der Waals surface area contributed by atoms with Crippen LogP contribution in [0.3, 0.4) is 0 Å². The molecule has 0 atom stereocenters. The van der Waals surface area contributed by atoms with Crippen LogP contribution in [0.4, 0.5) is 11.6 Å². The van der Waals surface area contributed by atoms with E-state index >= 15 is 0 Å². The van der Waals surface area contributed by atoms with E-state index in [0.29, 0.717) is 39.3 Å². The van der Waals surface area contributed by atoms with Crippen molar-refractivity contribution >= 4 is 39.1 Å². The molecule has 1 aliphatic rings. The second-order valence-corrected chi connectivity index (χ2v) is 11.3. The zero-order chi connectivity index (χ0) is 27.7. The third kappa shape index (κ3) is 5.67. The molecule has 0 saturated carbocycles. The van der Waals surface area contributed by atoms with Gasteiger partial charge in [-0.15, -0.1) is 11.3 Å². The van der Waals surface area contributed by atoms with Crippen molar-refractivity contribution in [3.8, 4) is 22.8 Å². The molecule has 1 aromatic carbocycles. The number of aromatic nitrogens is 3. The van der Waals surface area contributed by atoms with Crippen molar-refractivity contribution in [2.75, 3.05) is 32.6 Å². The lowest BCUT2D eigenvalue weighted by molar-refractivity contribution is 0.100. The third-order valence-electron chi connectivity index (χ3n) is 6.92. The summed E-state index contributed by atoms with van der Waals surface area (Å²) in [6.07, 6.45) is 3.97. The summed E-state index contributed by atoms with van der Waals surface area (Å²) < 4.78 is 12.5. The summed E-state index contributed by atoms with van der Waals surface area (Å²) in [5, 5.41) is 3.35. The quantitative estimate of drug-likeness (QED) is 0.297. The topological polar surface area (TPSA) is 115 Å². The van der Waals surface area contributed by atoms with Gasteiger partial charge in [-0.1, -0.05) is 6.07 Å². The molecule has 1 fully saturated rings. The fourth-order valence-corrected chi connectivity index (χ4v) is 5.94. The highest BCUT2D eigenvalue weighted by Gasteiger charge is 2.24. The van der Waals surface area contributed by atoms with E-state index in [9.17, 15) is 4.79 Å². The summed E-state index contributed by atoms with van der Waals surface area (Å²) in [5.74, 6) is 1.52. The van der Waals surface area contributed by atoms with Gasteiger partial charge < -0.3 is 25.4 Å². The maximum absolute atomic E-state index is 12.4. The number of amides is 1. The van der Waals surface area contributed by atoms with Crippen LogP contribution in [0.2, 0.25) is 0 Å². The minimum atomic E-state index is -0.540. The molecule has 4 aromatic rings. The van der Waals surface area contributed by atoms with Crippen LogP contribution in [0.15, 0.2) is 36.5 Å². The van der Waals surface area contributed by atoms with Gasteiger partial charge in [0.25, 0.3) is 5.91 Å². The molecule has 1 aliphatic heterocycles. The van der Waals surface area contributed by atoms with Crippen LogP contribution in [0.5, 0.6) is 11.6 Å². The first-order valence-electron chi connectivity index (χ1n) is 13.1.